The molecule has 0 aliphatic carbocycles. The topological polar surface area (TPSA) is 147 Å². The van der Waals surface area contributed by atoms with E-state index in [1.165, 1.54) is 6.20 Å². The van der Waals surface area contributed by atoms with Crippen LogP contribution in [-0.4, -0.2) is 33.7 Å². The van der Waals surface area contributed by atoms with Gasteiger partial charge in [0, 0.05) is 24.5 Å². The third-order valence-electron chi connectivity index (χ3n) is 4.40. The third-order valence-corrected chi connectivity index (χ3v) is 4.40. The van der Waals surface area contributed by atoms with E-state index < -0.39 is 11.3 Å². The number of rotatable bonds is 4. The molecule has 1 aromatic carbocycles. The number of nitrogens with one attached hydrogen (secondary N) is 1. The number of nitrogens with two attached hydrogens (primary N) is 2. The molecule has 0 bridgehead atoms. The van der Waals surface area contributed by atoms with Crippen molar-refractivity contribution < 1.29 is 14.3 Å². The fraction of sp³-hybridized carbons (Fsp3) is 0.222. The summed E-state index contributed by atoms with van der Waals surface area (Å²) in [5, 5.41) is 3.23. The van der Waals surface area contributed by atoms with Crippen molar-refractivity contribution in [2.24, 2.45) is 5.73 Å². The number of hydrogen-bond acceptors (Lipinski definition) is 8. The number of carbonyl (C=O) groups excluding carboxylic acids is 1. The molecule has 0 saturated carbocycles. The quantitative estimate of drug-likeness (QED) is 0.605. The zero-order valence-corrected chi connectivity index (χ0v) is 15.1. The minimum Gasteiger partial charge on any atom is -0.486 e. The first-order valence-electron chi connectivity index (χ1n) is 8.65. The molecule has 0 unspecified atom stereocenters. The van der Waals surface area contributed by atoms with Crippen LogP contribution in [0.1, 0.15) is 17.3 Å². The molecule has 0 fully saturated rings. The largest absolute Gasteiger partial charge is 0.486 e. The summed E-state index contributed by atoms with van der Waals surface area (Å²) in [6.07, 6.45) is 1.35. The minimum absolute atomic E-state index is 0.0171. The van der Waals surface area contributed by atoms with Gasteiger partial charge in [0.05, 0.1) is 5.39 Å². The number of nitrogen functional groups attached to an aromatic ring is 1. The molecule has 10 nitrogen and oxygen atoms in total. The Labute approximate surface area is 159 Å². The van der Waals surface area contributed by atoms with Gasteiger partial charge in [-0.15, -0.1) is 0 Å². The maximum Gasteiger partial charge on any atom is 0.256 e. The smallest absolute Gasteiger partial charge is 0.256 e. The van der Waals surface area contributed by atoms with Crippen molar-refractivity contribution in [1.29, 1.82) is 0 Å². The highest BCUT2D eigenvalue weighted by molar-refractivity contribution is 6.00. The van der Waals surface area contributed by atoms with Crippen molar-refractivity contribution in [1.82, 2.24) is 14.5 Å². The first kappa shape index (κ1) is 17.6. The van der Waals surface area contributed by atoms with Gasteiger partial charge < -0.3 is 30.8 Å². The molecular weight excluding hydrogens is 364 g/mol. The molecule has 1 aliphatic rings. The lowest BCUT2D eigenvalue weighted by Crippen LogP contribution is -2.28. The van der Waals surface area contributed by atoms with E-state index >= 15 is 0 Å². The molecule has 1 amide bonds. The second-order valence-electron chi connectivity index (χ2n) is 6.11. The second-order valence-corrected chi connectivity index (χ2v) is 6.11. The summed E-state index contributed by atoms with van der Waals surface area (Å²) in [6, 6.07) is 5.37. The molecule has 3 aromatic rings. The molecule has 28 heavy (non-hydrogen) atoms. The number of primary amides is 1. The molecule has 1 aliphatic heterocycles. The highest BCUT2D eigenvalue weighted by Gasteiger charge is 2.20. The summed E-state index contributed by atoms with van der Waals surface area (Å²) in [6.45, 7) is 3.20. The number of aromatic nitrogens is 3. The average molecular weight is 382 g/mol. The number of hydrogen-bond donors (Lipinski definition) is 3. The maximum absolute atomic E-state index is 12.6. The van der Waals surface area contributed by atoms with Crippen LogP contribution >= 0.6 is 0 Å². The first-order chi connectivity index (χ1) is 13.5. The van der Waals surface area contributed by atoms with Crippen LogP contribution in [-0.2, 0) is 6.54 Å². The van der Waals surface area contributed by atoms with E-state index in [2.05, 4.69) is 15.3 Å². The standard InChI is InChI=1S/C18H18N6O4/c1-2-24-15(19)13(16(20)26)14(25)10-8-21-18(23-17(10)24)22-9-3-4-11-12(7-9)28-6-5-27-11/h3-4,7-8H,2,5-6,19H2,1H3,(H2,20,26)(H,21,22,23). The van der Waals surface area contributed by atoms with E-state index in [0.29, 0.717) is 42.6 Å². The average Bonchev–Trinajstić information content (AvgIpc) is 2.68. The Kier molecular flexibility index (Phi) is 4.22. The van der Waals surface area contributed by atoms with Gasteiger partial charge in [0.2, 0.25) is 11.4 Å². The summed E-state index contributed by atoms with van der Waals surface area (Å²) in [7, 11) is 0. The van der Waals surface area contributed by atoms with Gasteiger partial charge in [-0.05, 0) is 19.1 Å². The number of benzene rings is 1. The Morgan fingerprint density at radius 1 is 1.29 bits per heavy atom. The van der Waals surface area contributed by atoms with E-state index in [4.69, 9.17) is 20.9 Å². The molecule has 0 saturated heterocycles. The number of ether oxygens (including phenoxy) is 2. The van der Waals surface area contributed by atoms with Crippen molar-refractivity contribution in [3.63, 3.8) is 0 Å². The van der Waals surface area contributed by atoms with Crippen LogP contribution < -0.4 is 31.7 Å². The van der Waals surface area contributed by atoms with E-state index in [-0.39, 0.29) is 22.7 Å². The third kappa shape index (κ3) is 2.84. The zero-order valence-electron chi connectivity index (χ0n) is 15.1. The van der Waals surface area contributed by atoms with Gasteiger partial charge in [-0.25, -0.2) is 4.98 Å². The van der Waals surface area contributed by atoms with Crippen molar-refractivity contribution in [3.8, 4) is 11.5 Å². The first-order valence-corrected chi connectivity index (χ1v) is 8.65. The molecular formula is C18H18N6O4. The lowest BCUT2D eigenvalue weighted by molar-refractivity contribution is 0.1000. The van der Waals surface area contributed by atoms with Crippen LogP contribution in [0.3, 0.4) is 0 Å². The summed E-state index contributed by atoms with van der Waals surface area (Å²) in [4.78, 5) is 32.8. The molecule has 0 radical (unpaired) electrons. The molecule has 3 heterocycles. The molecule has 0 atom stereocenters. The SMILES string of the molecule is CCn1c(N)c(C(N)=O)c(=O)c2cnc(Nc3ccc4c(c3)OCCO4)nc21. The molecule has 4 rings (SSSR count). The molecule has 5 N–H and O–H groups in total. The lowest BCUT2D eigenvalue weighted by atomic mass is 10.2. The van der Waals surface area contributed by atoms with Gasteiger partial charge in [0.1, 0.15) is 24.6 Å². The van der Waals surface area contributed by atoms with E-state index in [9.17, 15) is 9.59 Å². The summed E-state index contributed by atoms with van der Waals surface area (Å²) in [5.41, 5.74) is 11.5. The van der Waals surface area contributed by atoms with Gasteiger partial charge >= 0.3 is 0 Å². The predicted octanol–water partition coefficient (Wildman–Crippen LogP) is 1.01. The lowest BCUT2D eigenvalue weighted by Gasteiger charge is -2.19. The number of nitrogens with zero attached hydrogens (tertiary/aromatic N) is 3. The van der Waals surface area contributed by atoms with Crippen LogP contribution in [0.5, 0.6) is 11.5 Å². The van der Waals surface area contributed by atoms with Crippen LogP contribution in [0.2, 0.25) is 0 Å². The van der Waals surface area contributed by atoms with Gasteiger partial charge in [-0.2, -0.15) is 4.98 Å². The zero-order chi connectivity index (χ0) is 19.8. The van der Waals surface area contributed by atoms with E-state index in [1.54, 1.807) is 22.8 Å². The van der Waals surface area contributed by atoms with Crippen molar-refractivity contribution >= 4 is 34.4 Å². The molecule has 2 aromatic heterocycles. The maximum atomic E-state index is 12.6. The molecule has 10 heteroatoms. The van der Waals surface area contributed by atoms with Gasteiger partial charge in [-0.3, -0.25) is 9.59 Å². The number of carbonyl (C=O) groups is 1. The molecule has 144 valence electrons. The van der Waals surface area contributed by atoms with E-state index in [0.717, 1.165) is 0 Å². The van der Waals surface area contributed by atoms with Crippen molar-refractivity contribution in [2.75, 3.05) is 24.3 Å². The monoisotopic (exact) mass is 382 g/mol. The van der Waals surface area contributed by atoms with Crippen molar-refractivity contribution in [3.05, 3.63) is 40.2 Å². The van der Waals surface area contributed by atoms with E-state index in [1.807, 2.05) is 6.92 Å². The minimum atomic E-state index is -0.884. The number of pyridine rings is 1. The van der Waals surface area contributed by atoms with Gasteiger partial charge in [-0.1, -0.05) is 0 Å². The fourth-order valence-electron chi connectivity index (χ4n) is 3.11. The Morgan fingerprint density at radius 2 is 2.04 bits per heavy atom. The number of fused-ring (bicyclic) bond motifs is 2. The number of anilines is 3. The van der Waals surface area contributed by atoms with Crippen molar-refractivity contribution in [2.45, 2.75) is 13.5 Å². The van der Waals surface area contributed by atoms with Crippen LogP contribution in [0.15, 0.2) is 29.2 Å². The van der Waals surface area contributed by atoms with Crippen LogP contribution in [0.4, 0.5) is 17.5 Å². The Bertz CT molecular complexity index is 1160. The summed E-state index contributed by atoms with van der Waals surface area (Å²) >= 11 is 0. The highest BCUT2D eigenvalue weighted by Crippen LogP contribution is 2.33. The summed E-state index contributed by atoms with van der Waals surface area (Å²) < 4.78 is 12.6. The number of aryl methyl sites for hydroxylation is 1. The number of amides is 1. The fourth-order valence-corrected chi connectivity index (χ4v) is 3.11. The summed E-state index contributed by atoms with van der Waals surface area (Å²) in [5.74, 6) is 0.652. The van der Waals surface area contributed by atoms with Gasteiger partial charge in [0.15, 0.2) is 17.1 Å². The highest BCUT2D eigenvalue weighted by atomic mass is 16.6. The van der Waals surface area contributed by atoms with Crippen LogP contribution in [0, 0.1) is 0 Å². The second kappa shape index (κ2) is 6.72. The Hall–Kier alpha value is -3.82. The molecule has 0 spiro atoms. The van der Waals surface area contributed by atoms with Gasteiger partial charge in [0.25, 0.3) is 5.91 Å². The Morgan fingerprint density at radius 3 is 2.75 bits per heavy atom. The van der Waals surface area contributed by atoms with Crippen LogP contribution in [0.25, 0.3) is 11.0 Å². The normalized spacial score (nSPS) is 12.8. The Balaban J connectivity index is 1.79. The predicted molar refractivity (Wildman–Crippen MR) is 103 cm³/mol.